The molecule has 0 spiro atoms. The fourth-order valence-electron chi connectivity index (χ4n) is 2.70. The maximum absolute atomic E-state index is 12.2. The van der Waals surface area contributed by atoms with Crippen molar-refractivity contribution in [2.75, 3.05) is 19.6 Å². The summed E-state index contributed by atoms with van der Waals surface area (Å²) in [6.07, 6.45) is 2.17. The highest BCUT2D eigenvalue weighted by Gasteiger charge is 2.33. The average Bonchev–Trinajstić information content (AvgIpc) is 2.87. The molecule has 1 aromatic rings. The lowest BCUT2D eigenvalue weighted by Crippen LogP contribution is -2.34. The van der Waals surface area contributed by atoms with Crippen molar-refractivity contribution in [1.29, 1.82) is 0 Å². The number of hydrogen-bond acceptors (Lipinski definition) is 2. The molecular weight excluding hydrogens is 276 g/mol. The summed E-state index contributed by atoms with van der Waals surface area (Å²) in [6, 6.07) is 10.1. The van der Waals surface area contributed by atoms with Gasteiger partial charge in [0, 0.05) is 26.1 Å². The normalized spacial score (nSPS) is 18.0. The Morgan fingerprint density at radius 1 is 1.32 bits per heavy atom. The van der Waals surface area contributed by atoms with E-state index in [0.717, 1.165) is 19.4 Å². The highest BCUT2D eigenvalue weighted by atomic mass is 16.2. The first-order chi connectivity index (χ1) is 10.6. The zero-order valence-electron chi connectivity index (χ0n) is 13.5. The van der Waals surface area contributed by atoms with Gasteiger partial charge in [-0.15, -0.1) is 0 Å². The smallest absolute Gasteiger partial charge is 0.225 e. The Hall–Kier alpha value is -1.84. The molecule has 0 radical (unpaired) electrons. The Balaban J connectivity index is 1.73. The van der Waals surface area contributed by atoms with Crippen LogP contribution in [0.15, 0.2) is 30.3 Å². The monoisotopic (exact) mass is 302 g/mol. The third-order valence-electron chi connectivity index (χ3n) is 4.12. The van der Waals surface area contributed by atoms with E-state index in [0.29, 0.717) is 25.4 Å². The largest absolute Gasteiger partial charge is 0.355 e. The van der Waals surface area contributed by atoms with Crippen molar-refractivity contribution in [2.45, 2.75) is 33.1 Å². The Labute approximate surface area is 132 Å². The van der Waals surface area contributed by atoms with Crippen molar-refractivity contribution in [3.8, 4) is 0 Å². The maximum Gasteiger partial charge on any atom is 0.225 e. The second kappa shape index (κ2) is 7.97. The number of hydrogen-bond donors (Lipinski definition) is 1. The van der Waals surface area contributed by atoms with Crippen LogP contribution in [-0.4, -0.2) is 36.3 Å². The molecule has 120 valence electrons. The number of benzene rings is 1. The molecule has 1 aliphatic heterocycles. The Morgan fingerprint density at radius 3 is 2.73 bits per heavy atom. The van der Waals surface area contributed by atoms with Crippen molar-refractivity contribution >= 4 is 11.8 Å². The zero-order valence-corrected chi connectivity index (χ0v) is 13.5. The first-order valence-electron chi connectivity index (χ1n) is 8.15. The van der Waals surface area contributed by atoms with Gasteiger partial charge in [-0.2, -0.15) is 0 Å². The van der Waals surface area contributed by atoms with E-state index in [1.165, 1.54) is 5.56 Å². The molecule has 0 saturated carbocycles. The van der Waals surface area contributed by atoms with Crippen LogP contribution in [0.25, 0.3) is 0 Å². The van der Waals surface area contributed by atoms with E-state index in [4.69, 9.17) is 0 Å². The summed E-state index contributed by atoms with van der Waals surface area (Å²) in [5.74, 6) is 0.516. The molecule has 0 bridgehead atoms. The summed E-state index contributed by atoms with van der Waals surface area (Å²) < 4.78 is 0. The van der Waals surface area contributed by atoms with Gasteiger partial charge in [-0.1, -0.05) is 44.2 Å². The molecule has 4 heteroatoms. The van der Waals surface area contributed by atoms with E-state index in [9.17, 15) is 9.59 Å². The fraction of sp³-hybridized carbons (Fsp3) is 0.556. The molecule has 1 atom stereocenters. The minimum atomic E-state index is -0.185. The van der Waals surface area contributed by atoms with Gasteiger partial charge in [0.15, 0.2) is 0 Å². The molecule has 0 unspecified atom stereocenters. The van der Waals surface area contributed by atoms with Gasteiger partial charge in [0.2, 0.25) is 11.8 Å². The molecule has 1 heterocycles. The minimum absolute atomic E-state index is 0.0105. The van der Waals surface area contributed by atoms with Gasteiger partial charge in [-0.05, 0) is 24.3 Å². The molecule has 1 saturated heterocycles. The Morgan fingerprint density at radius 2 is 2.05 bits per heavy atom. The van der Waals surface area contributed by atoms with E-state index in [1.54, 1.807) is 0 Å². The highest BCUT2D eigenvalue weighted by molar-refractivity contribution is 5.89. The third kappa shape index (κ3) is 4.86. The molecule has 2 amide bonds. The number of amides is 2. The molecule has 0 aromatic heterocycles. The van der Waals surface area contributed by atoms with Crippen LogP contribution in [0, 0.1) is 11.8 Å². The lowest BCUT2D eigenvalue weighted by atomic mass is 10.1. The highest BCUT2D eigenvalue weighted by Crippen LogP contribution is 2.19. The first-order valence-corrected chi connectivity index (χ1v) is 8.15. The van der Waals surface area contributed by atoms with E-state index in [-0.39, 0.29) is 17.7 Å². The van der Waals surface area contributed by atoms with E-state index in [1.807, 2.05) is 23.1 Å². The van der Waals surface area contributed by atoms with Crippen molar-refractivity contribution in [3.63, 3.8) is 0 Å². The van der Waals surface area contributed by atoms with Crippen molar-refractivity contribution in [3.05, 3.63) is 35.9 Å². The second-order valence-corrected chi connectivity index (χ2v) is 6.45. The van der Waals surface area contributed by atoms with Crippen LogP contribution in [0.2, 0.25) is 0 Å². The summed E-state index contributed by atoms with van der Waals surface area (Å²) in [6.45, 7) is 6.26. The molecule has 1 fully saturated rings. The van der Waals surface area contributed by atoms with Crippen LogP contribution in [-0.2, 0) is 16.0 Å². The SMILES string of the molecule is CC(C)CCN1C[C@H](C(=O)NCCc2ccccc2)CC1=O. The number of rotatable bonds is 7. The van der Waals surface area contributed by atoms with Gasteiger partial charge >= 0.3 is 0 Å². The standard InChI is InChI=1S/C18H26N2O2/c1-14(2)9-11-20-13-16(12-17(20)21)18(22)19-10-8-15-6-4-3-5-7-15/h3-7,14,16H,8-13H2,1-2H3,(H,19,22)/t16-/m1/s1. The van der Waals surface area contributed by atoms with Gasteiger partial charge in [0.1, 0.15) is 0 Å². The van der Waals surface area contributed by atoms with Crippen LogP contribution in [0.4, 0.5) is 0 Å². The lowest BCUT2D eigenvalue weighted by molar-refractivity contribution is -0.129. The van der Waals surface area contributed by atoms with Gasteiger partial charge in [-0.25, -0.2) is 0 Å². The quantitative estimate of drug-likeness (QED) is 0.840. The first kappa shape index (κ1) is 16.5. The molecule has 22 heavy (non-hydrogen) atoms. The molecular formula is C18H26N2O2. The van der Waals surface area contributed by atoms with Crippen LogP contribution < -0.4 is 5.32 Å². The van der Waals surface area contributed by atoms with Crippen molar-refractivity contribution < 1.29 is 9.59 Å². The maximum atomic E-state index is 12.2. The molecule has 4 nitrogen and oxygen atoms in total. The van der Waals surface area contributed by atoms with Crippen LogP contribution >= 0.6 is 0 Å². The van der Waals surface area contributed by atoms with Gasteiger partial charge < -0.3 is 10.2 Å². The molecule has 1 aromatic carbocycles. The van der Waals surface area contributed by atoms with Gasteiger partial charge in [0.25, 0.3) is 0 Å². The summed E-state index contributed by atoms with van der Waals surface area (Å²) >= 11 is 0. The molecule has 1 N–H and O–H groups in total. The number of nitrogens with zero attached hydrogens (tertiary/aromatic N) is 1. The number of carbonyl (C=O) groups excluding carboxylic acids is 2. The number of carbonyl (C=O) groups is 2. The summed E-state index contributed by atoms with van der Waals surface area (Å²) in [5, 5.41) is 2.96. The Kier molecular flexibility index (Phi) is 5.99. The van der Waals surface area contributed by atoms with Crippen LogP contribution in [0.5, 0.6) is 0 Å². The van der Waals surface area contributed by atoms with Gasteiger partial charge in [0.05, 0.1) is 5.92 Å². The Bertz CT molecular complexity index is 499. The van der Waals surface area contributed by atoms with Crippen molar-refractivity contribution in [1.82, 2.24) is 10.2 Å². The fourth-order valence-corrected chi connectivity index (χ4v) is 2.70. The van der Waals surface area contributed by atoms with E-state index < -0.39 is 0 Å². The van der Waals surface area contributed by atoms with Crippen LogP contribution in [0.1, 0.15) is 32.3 Å². The average molecular weight is 302 g/mol. The lowest BCUT2D eigenvalue weighted by Gasteiger charge is -2.17. The second-order valence-electron chi connectivity index (χ2n) is 6.45. The number of nitrogens with one attached hydrogen (secondary N) is 1. The summed E-state index contributed by atoms with van der Waals surface area (Å²) in [5.41, 5.74) is 1.21. The zero-order chi connectivity index (χ0) is 15.9. The predicted octanol–water partition coefficient (Wildman–Crippen LogP) is 2.24. The molecule has 1 aliphatic rings. The molecule has 0 aliphatic carbocycles. The topological polar surface area (TPSA) is 49.4 Å². The minimum Gasteiger partial charge on any atom is -0.355 e. The third-order valence-corrected chi connectivity index (χ3v) is 4.12. The van der Waals surface area contributed by atoms with Crippen molar-refractivity contribution in [2.24, 2.45) is 11.8 Å². The summed E-state index contributed by atoms with van der Waals surface area (Å²) in [4.78, 5) is 26.0. The molecule has 2 rings (SSSR count). The summed E-state index contributed by atoms with van der Waals surface area (Å²) in [7, 11) is 0. The van der Waals surface area contributed by atoms with Crippen LogP contribution in [0.3, 0.4) is 0 Å². The van der Waals surface area contributed by atoms with Gasteiger partial charge in [-0.3, -0.25) is 9.59 Å². The van der Waals surface area contributed by atoms with E-state index >= 15 is 0 Å². The van der Waals surface area contributed by atoms with E-state index in [2.05, 4.69) is 31.3 Å². The predicted molar refractivity (Wildman–Crippen MR) is 87.3 cm³/mol. The number of likely N-dealkylation sites (tertiary alicyclic amines) is 1.